The number of ether oxygens (including phenoxy) is 1. The first-order valence-electron chi connectivity index (χ1n) is 5.06. The Hall–Kier alpha value is -1.48. The fraction of sp³-hybridized carbons (Fsp3) is 0.333. The molecule has 0 unspecified atom stereocenters. The fourth-order valence-electron chi connectivity index (χ4n) is 1.89. The third-order valence-corrected chi connectivity index (χ3v) is 2.59. The van der Waals surface area contributed by atoms with Crippen molar-refractivity contribution in [1.29, 1.82) is 0 Å². The third-order valence-electron chi connectivity index (χ3n) is 2.59. The number of aromatic nitrogens is 1. The predicted octanol–water partition coefficient (Wildman–Crippen LogP) is 2.51. The summed E-state index contributed by atoms with van der Waals surface area (Å²) in [4.78, 5) is 0. The Balaban J connectivity index is 2.64. The number of hydrogen-bond acceptors (Lipinski definition) is 2. The molecule has 1 heterocycles. The molecule has 0 atom stereocenters. The van der Waals surface area contributed by atoms with Gasteiger partial charge in [-0.25, -0.2) is 0 Å². The van der Waals surface area contributed by atoms with Crippen molar-refractivity contribution in [3.05, 3.63) is 30.0 Å². The minimum absolute atomic E-state index is 0.305. The van der Waals surface area contributed by atoms with Crippen LogP contribution >= 0.6 is 0 Å². The monoisotopic (exact) mass is 205 g/mol. The Labute approximate surface area is 88.9 Å². The van der Waals surface area contributed by atoms with Crippen LogP contribution in [0.3, 0.4) is 0 Å². The molecule has 2 aromatic rings. The van der Waals surface area contributed by atoms with Crippen LogP contribution in [0.4, 0.5) is 0 Å². The van der Waals surface area contributed by atoms with Crippen molar-refractivity contribution >= 4 is 10.9 Å². The largest absolute Gasteiger partial charge is 0.508 e. The molecule has 3 nitrogen and oxygen atoms in total. The molecule has 15 heavy (non-hydrogen) atoms. The molecule has 0 fully saturated rings. The summed E-state index contributed by atoms with van der Waals surface area (Å²) in [5, 5.41) is 10.6. The molecule has 2 rings (SSSR count). The highest BCUT2D eigenvalue weighted by atomic mass is 16.5. The van der Waals surface area contributed by atoms with E-state index in [9.17, 15) is 5.11 Å². The molecule has 1 N–H and O–H groups in total. The summed E-state index contributed by atoms with van der Waals surface area (Å²) in [6, 6.07) is 5.44. The molecular formula is C12H15NO2. The maximum Gasteiger partial charge on any atom is 0.117 e. The first-order valence-corrected chi connectivity index (χ1v) is 5.06. The molecule has 0 aliphatic carbocycles. The van der Waals surface area contributed by atoms with Crippen molar-refractivity contribution in [3.63, 3.8) is 0 Å². The summed E-state index contributed by atoms with van der Waals surface area (Å²) >= 11 is 0. The molecule has 0 bridgehead atoms. The van der Waals surface area contributed by atoms with E-state index in [1.807, 2.05) is 6.07 Å². The lowest BCUT2D eigenvalue weighted by molar-refractivity contribution is 0.186. The molecule has 0 aliphatic rings. The van der Waals surface area contributed by atoms with Crippen LogP contribution in [0.2, 0.25) is 0 Å². The van der Waals surface area contributed by atoms with Crippen LogP contribution in [0.1, 0.15) is 12.5 Å². The normalized spacial score (nSPS) is 11.1. The summed E-state index contributed by atoms with van der Waals surface area (Å²) in [6.45, 7) is 3.58. The summed E-state index contributed by atoms with van der Waals surface area (Å²) < 4.78 is 7.26. The average Bonchev–Trinajstić information content (AvgIpc) is 2.56. The lowest BCUT2D eigenvalue weighted by Crippen LogP contribution is -1.90. The van der Waals surface area contributed by atoms with E-state index >= 15 is 0 Å². The average molecular weight is 205 g/mol. The number of fused-ring (bicyclic) bond motifs is 1. The van der Waals surface area contributed by atoms with Crippen LogP contribution in [0.15, 0.2) is 24.4 Å². The Bertz CT molecular complexity index is 474. The van der Waals surface area contributed by atoms with Crippen molar-refractivity contribution < 1.29 is 9.84 Å². The molecule has 80 valence electrons. The zero-order chi connectivity index (χ0) is 10.8. The predicted molar refractivity (Wildman–Crippen MR) is 60.0 cm³/mol. The van der Waals surface area contributed by atoms with E-state index in [4.69, 9.17) is 4.74 Å². The van der Waals surface area contributed by atoms with E-state index in [0.29, 0.717) is 12.4 Å². The first kappa shape index (κ1) is 10.1. The van der Waals surface area contributed by atoms with Crippen LogP contribution in [0.5, 0.6) is 5.75 Å². The first-order chi connectivity index (χ1) is 7.26. The van der Waals surface area contributed by atoms with E-state index in [1.54, 1.807) is 19.2 Å². The molecule has 0 saturated carbocycles. The second-order valence-electron chi connectivity index (χ2n) is 3.57. The maximum atomic E-state index is 9.44. The minimum atomic E-state index is 0.305. The summed E-state index contributed by atoms with van der Waals surface area (Å²) in [5.41, 5.74) is 2.22. The van der Waals surface area contributed by atoms with E-state index in [0.717, 1.165) is 23.0 Å². The number of aryl methyl sites for hydroxylation is 1. The standard InChI is InChI=1S/C12H15NO2/c1-3-13-7-9(8-15-2)11-5-4-10(14)6-12(11)13/h4-7,14H,3,8H2,1-2H3. The number of benzene rings is 1. The minimum Gasteiger partial charge on any atom is -0.508 e. The fourth-order valence-corrected chi connectivity index (χ4v) is 1.89. The Morgan fingerprint density at radius 1 is 1.40 bits per heavy atom. The van der Waals surface area contributed by atoms with Gasteiger partial charge in [-0.3, -0.25) is 0 Å². The quantitative estimate of drug-likeness (QED) is 0.835. The highest BCUT2D eigenvalue weighted by Gasteiger charge is 2.07. The number of aromatic hydroxyl groups is 1. The van der Waals surface area contributed by atoms with Gasteiger partial charge in [0.2, 0.25) is 0 Å². The zero-order valence-electron chi connectivity index (χ0n) is 9.03. The molecule has 1 aromatic carbocycles. The van der Waals surface area contributed by atoms with Crippen molar-refractivity contribution in [2.24, 2.45) is 0 Å². The Kier molecular flexibility index (Phi) is 2.64. The number of phenolic OH excluding ortho intramolecular Hbond substituents is 1. The summed E-state index contributed by atoms with van der Waals surface area (Å²) in [5.74, 6) is 0.305. The number of nitrogens with zero attached hydrogens (tertiary/aromatic N) is 1. The van der Waals surface area contributed by atoms with Crippen LogP contribution in [0.25, 0.3) is 10.9 Å². The Morgan fingerprint density at radius 3 is 2.87 bits per heavy atom. The van der Waals surface area contributed by atoms with Gasteiger partial charge in [0.1, 0.15) is 5.75 Å². The van der Waals surface area contributed by atoms with Crippen LogP contribution in [0, 0.1) is 0 Å². The van der Waals surface area contributed by atoms with Gasteiger partial charge in [0.15, 0.2) is 0 Å². The van der Waals surface area contributed by atoms with Gasteiger partial charge in [0.25, 0.3) is 0 Å². The molecule has 0 amide bonds. The molecule has 3 heteroatoms. The number of methoxy groups -OCH3 is 1. The molecule has 1 aromatic heterocycles. The van der Waals surface area contributed by atoms with E-state index < -0.39 is 0 Å². The summed E-state index contributed by atoms with van der Waals surface area (Å²) in [6.07, 6.45) is 2.08. The third kappa shape index (κ3) is 1.70. The lowest BCUT2D eigenvalue weighted by Gasteiger charge is -2.00. The van der Waals surface area contributed by atoms with Crippen LogP contribution in [-0.2, 0) is 17.9 Å². The number of rotatable bonds is 3. The maximum absolute atomic E-state index is 9.44. The van der Waals surface area contributed by atoms with Gasteiger partial charge in [-0.05, 0) is 19.1 Å². The van der Waals surface area contributed by atoms with Crippen molar-refractivity contribution in [3.8, 4) is 5.75 Å². The van der Waals surface area contributed by atoms with Crippen LogP contribution in [-0.4, -0.2) is 16.8 Å². The highest BCUT2D eigenvalue weighted by molar-refractivity contribution is 5.85. The van der Waals surface area contributed by atoms with Gasteiger partial charge in [0, 0.05) is 36.9 Å². The van der Waals surface area contributed by atoms with Crippen LogP contribution < -0.4 is 0 Å². The second-order valence-corrected chi connectivity index (χ2v) is 3.57. The number of hydrogen-bond donors (Lipinski definition) is 1. The molecule has 0 spiro atoms. The smallest absolute Gasteiger partial charge is 0.117 e. The molecule has 0 radical (unpaired) electrons. The van der Waals surface area contributed by atoms with Gasteiger partial charge in [-0.15, -0.1) is 0 Å². The molecular weight excluding hydrogens is 190 g/mol. The topological polar surface area (TPSA) is 34.4 Å². The van der Waals surface area contributed by atoms with Crippen molar-refractivity contribution in [1.82, 2.24) is 4.57 Å². The second kappa shape index (κ2) is 3.95. The highest BCUT2D eigenvalue weighted by Crippen LogP contribution is 2.25. The van der Waals surface area contributed by atoms with Gasteiger partial charge in [-0.1, -0.05) is 0 Å². The SMILES string of the molecule is CCn1cc(COC)c2ccc(O)cc21. The van der Waals surface area contributed by atoms with Crippen molar-refractivity contribution in [2.75, 3.05) is 7.11 Å². The van der Waals surface area contributed by atoms with Crippen molar-refractivity contribution in [2.45, 2.75) is 20.1 Å². The summed E-state index contributed by atoms with van der Waals surface area (Å²) in [7, 11) is 1.69. The lowest BCUT2D eigenvalue weighted by atomic mass is 10.2. The van der Waals surface area contributed by atoms with Gasteiger partial charge >= 0.3 is 0 Å². The van der Waals surface area contributed by atoms with Gasteiger partial charge in [0.05, 0.1) is 12.1 Å². The molecule has 0 aliphatic heterocycles. The van der Waals surface area contributed by atoms with E-state index in [2.05, 4.69) is 17.7 Å². The Morgan fingerprint density at radius 2 is 2.20 bits per heavy atom. The van der Waals surface area contributed by atoms with Gasteiger partial charge < -0.3 is 14.4 Å². The van der Waals surface area contributed by atoms with E-state index in [1.165, 1.54) is 0 Å². The number of phenols is 1. The van der Waals surface area contributed by atoms with Gasteiger partial charge in [-0.2, -0.15) is 0 Å². The molecule has 0 saturated heterocycles. The zero-order valence-corrected chi connectivity index (χ0v) is 9.03. The van der Waals surface area contributed by atoms with E-state index in [-0.39, 0.29) is 0 Å².